The van der Waals surface area contributed by atoms with E-state index >= 15 is 0 Å². The number of carbonyl (C=O) groups is 1. The third-order valence-electron chi connectivity index (χ3n) is 2.98. The first-order valence-corrected chi connectivity index (χ1v) is 7.57. The summed E-state index contributed by atoms with van der Waals surface area (Å²) in [7, 11) is 0. The van der Waals surface area contributed by atoms with Crippen LogP contribution in [0.25, 0.3) is 0 Å². The summed E-state index contributed by atoms with van der Waals surface area (Å²) in [6.07, 6.45) is 0. The number of ketones is 1. The van der Waals surface area contributed by atoms with Crippen molar-refractivity contribution in [2.24, 2.45) is 0 Å². The maximum absolute atomic E-state index is 12.6. The van der Waals surface area contributed by atoms with Crippen LogP contribution < -0.4 is 0 Å². The van der Waals surface area contributed by atoms with Crippen LogP contribution in [0, 0.1) is 18.3 Å². The number of hydrogen-bond donors (Lipinski definition) is 0. The summed E-state index contributed by atoms with van der Waals surface area (Å²) in [6, 6.07) is 14.9. The number of nitrogens with zero attached hydrogens (tertiary/aromatic N) is 1. The first-order valence-electron chi connectivity index (χ1n) is 5.98. The molecule has 0 radical (unpaired) electrons. The molecule has 2 rings (SSSR count). The van der Waals surface area contributed by atoms with Crippen molar-refractivity contribution in [2.45, 2.75) is 12.8 Å². The van der Waals surface area contributed by atoms with Gasteiger partial charge in [-0.05, 0) is 36.8 Å². The molecule has 0 aliphatic carbocycles. The van der Waals surface area contributed by atoms with E-state index in [0.29, 0.717) is 15.6 Å². The third kappa shape index (κ3) is 3.17. The van der Waals surface area contributed by atoms with E-state index in [1.165, 1.54) is 0 Å². The molecule has 20 heavy (non-hydrogen) atoms. The van der Waals surface area contributed by atoms with Gasteiger partial charge in [0.15, 0.2) is 5.78 Å². The SMILES string of the molecule is Cc1ccc(Br)c(C(=O)C(C#N)c2ccc(Br)cc2)c1. The van der Waals surface area contributed by atoms with E-state index in [-0.39, 0.29) is 5.78 Å². The Hall–Kier alpha value is -1.44. The molecule has 0 saturated heterocycles. The lowest BCUT2D eigenvalue weighted by Gasteiger charge is -2.11. The van der Waals surface area contributed by atoms with Crippen LogP contribution in [0.4, 0.5) is 0 Å². The topological polar surface area (TPSA) is 40.9 Å². The van der Waals surface area contributed by atoms with Crippen LogP contribution in [0.2, 0.25) is 0 Å². The highest BCUT2D eigenvalue weighted by Gasteiger charge is 2.23. The number of carbonyl (C=O) groups excluding carboxylic acids is 1. The average Bonchev–Trinajstić information content (AvgIpc) is 2.44. The van der Waals surface area contributed by atoms with E-state index < -0.39 is 5.92 Å². The Morgan fingerprint density at radius 3 is 2.40 bits per heavy atom. The van der Waals surface area contributed by atoms with Gasteiger partial charge in [0.25, 0.3) is 0 Å². The predicted octanol–water partition coefficient (Wildman–Crippen LogP) is 5.01. The van der Waals surface area contributed by atoms with Crippen molar-refractivity contribution in [3.63, 3.8) is 0 Å². The fraction of sp³-hybridized carbons (Fsp3) is 0.125. The molecule has 0 heterocycles. The van der Waals surface area contributed by atoms with Crippen molar-refractivity contribution < 1.29 is 4.79 Å². The maximum Gasteiger partial charge on any atom is 0.185 e. The molecule has 0 aliphatic heterocycles. The number of nitriles is 1. The van der Waals surface area contributed by atoms with Gasteiger partial charge in [0, 0.05) is 14.5 Å². The zero-order valence-corrected chi connectivity index (χ0v) is 13.9. The molecule has 0 bridgehead atoms. The number of Topliss-reactive ketones (excluding diaryl/α,β-unsaturated/α-hetero) is 1. The Morgan fingerprint density at radius 2 is 1.80 bits per heavy atom. The molecule has 0 fully saturated rings. The molecule has 0 aromatic heterocycles. The molecule has 0 aliphatic rings. The molecule has 1 unspecified atom stereocenters. The molecule has 2 nitrogen and oxygen atoms in total. The fourth-order valence-electron chi connectivity index (χ4n) is 1.92. The summed E-state index contributed by atoms with van der Waals surface area (Å²) < 4.78 is 1.63. The zero-order valence-electron chi connectivity index (χ0n) is 10.7. The first kappa shape index (κ1) is 15.0. The van der Waals surface area contributed by atoms with Crippen LogP contribution >= 0.6 is 31.9 Å². The van der Waals surface area contributed by atoms with Crippen molar-refractivity contribution in [2.75, 3.05) is 0 Å². The zero-order chi connectivity index (χ0) is 14.7. The molecule has 0 saturated carbocycles. The van der Waals surface area contributed by atoms with Crippen molar-refractivity contribution in [3.8, 4) is 6.07 Å². The van der Waals surface area contributed by atoms with Gasteiger partial charge in [0.1, 0.15) is 5.92 Å². The molecule has 2 aromatic rings. The lowest BCUT2D eigenvalue weighted by Crippen LogP contribution is -2.12. The summed E-state index contributed by atoms with van der Waals surface area (Å²) in [5.41, 5.74) is 2.23. The van der Waals surface area contributed by atoms with E-state index in [2.05, 4.69) is 37.9 Å². The van der Waals surface area contributed by atoms with Crippen LogP contribution in [0.3, 0.4) is 0 Å². The second-order valence-electron chi connectivity index (χ2n) is 4.46. The Morgan fingerprint density at radius 1 is 1.15 bits per heavy atom. The predicted molar refractivity (Wildman–Crippen MR) is 85.7 cm³/mol. The third-order valence-corrected chi connectivity index (χ3v) is 4.20. The summed E-state index contributed by atoms with van der Waals surface area (Å²) in [5.74, 6) is -0.980. The van der Waals surface area contributed by atoms with E-state index in [9.17, 15) is 10.1 Å². The van der Waals surface area contributed by atoms with Crippen molar-refractivity contribution in [1.82, 2.24) is 0 Å². The molecular formula is C16H11Br2NO. The Labute approximate surface area is 134 Å². The number of hydrogen-bond acceptors (Lipinski definition) is 2. The Balaban J connectivity index is 2.42. The monoisotopic (exact) mass is 391 g/mol. The number of halogens is 2. The Kier molecular flexibility index (Phi) is 4.74. The second-order valence-corrected chi connectivity index (χ2v) is 6.23. The molecule has 2 aromatic carbocycles. The Bertz CT molecular complexity index is 687. The van der Waals surface area contributed by atoms with Crippen LogP contribution in [0.15, 0.2) is 51.4 Å². The molecule has 0 spiro atoms. The van der Waals surface area contributed by atoms with Crippen LogP contribution in [-0.4, -0.2) is 5.78 Å². The van der Waals surface area contributed by atoms with E-state index in [1.807, 2.05) is 31.2 Å². The van der Waals surface area contributed by atoms with Gasteiger partial charge < -0.3 is 0 Å². The second kappa shape index (κ2) is 6.34. The number of rotatable bonds is 3. The summed E-state index contributed by atoms with van der Waals surface area (Å²) >= 11 is 6.72. The van der Waals surface area contributed by atoms with Gasteiger partial charge in [0.05, 0.1) is 6.07 Å². The van der Waals surface area contributed by atoms with Crippen LogP contribution in [-0.2, 0) is 0 Å². The fourth-order valence-corrected chi connectivity index (χ4v) is 2.63. The van der Waals surface area contributed by atoms with Gasteiger partial charge in [0.2, 0.25) is 0 Å². The summed E-state index contributed by atoms with van der Waals surface area (Å²) in [6.45, 7) is 1.92. The normalized spacial score (nSPS) is 11.7. The molecule has 4 heteroatoms. The average molecular weight is 393 g/mol. The highest BCUT2D eigenvalue weighted by molar-refractivity contribution is 9.10. The van der Waals surface area contributed by atoms with Crippen LogP contribution in [0.5, 0.6) is 0 Å². The van der Waals surface area contributed by atoms with Crippen molar-refractivity contribution >= 4 is 37.6 Å². The lowest BCUT2D eigenvalue weighted by atomic mass is 9.91. The highest BCUT2D eigenvalue weighted by atomic mass is 79.9. The summed E-state index contributed by atoms with van der Waals surface area (Å²) in [5, 5.41) is 9.34. The van der Waals surface area contributed by atoms with Crippen molar-refractivity contribution in [1.29, 1.82) is 5.26 Å². The summed E-state index contributed by atoms with van der Waals surface area (Å²) in [4.78, 5) is 12.6. The standard InChI is InChI=1S/C16H11Br2NO/c1-10-2-7-15(18)13(8-10)16(20)14(9-19)11-3-5-12(17)6-4-11/h2-8,14H,1H3. The smallest absolute Gasteiger partial charge is 0.185 e. The van der Waals surface area contributed by atoms with Gasteiger partial charge in [-0.15, -0.1) is 0 Å². The molecule has 100 valence electrons. The van der Waals surface area contributed by atoms with E-state index in [0.717, 1.165) is 10.0 Å². The maximum atomic E-state index is 12.6. The van der Waals surface area contributed by atoms with Gasteiger partial charge in [-0.3, -0.25) is 4.79 Å². The quantitative estimate of drug-likeness (QED) is 0.688. The van der Waals surface area contributed by atoms with Gasteiger partial charge in [-0.2, -0.15) is 5.26 Å². The van der Waals surface area contributed by atoms with E-state index in [4.69, 9.17) is 0 Å². The number of benzene rings is 2. The minimum atomic E-state index is -0.791. The molecular weight excluding hydrogens is 382 g/mol. The first-order chi connectivity index (χ1) is 9.52. The van der Waals surface area contributed by atoms with Crippen molar-refractivity contribution in [3.05, 3.63) is 68.1 Å². The van der Waals surface area contributed by atoms with Crippen LogP contribution in [0.1, 0.15) is 27.4 Å². The van der Waals surface area contributed by atoms with Gasteiger partial charge >= 0.3 is 0 Å². The van der Waals surface area contributed by atoms with E-state index in [1.54, 1.807) is 18.2 Å². The molecule has 0 amide bonds. The lowest BCUT2D eigenvalue weighted by molar-refractivity contribution is 0.0978. The van der Waals surface area contributed by atoms with Gasteiger partial charge in [-0.25, -0.2) is 0 Å². The largest absolute Gasteiger partial charge is 0.292 e. The number of aryl methyl sites for hydroxylation is 1. The van der Waals surface area contributed by atoms with Gasteiger partial charge in [-0.1, -0.05) is 55.6 Å². The minimum Gasteiger partial charge on any atom is -0.292 e. The highest BCUT2D eigenvalue weighted by Crippen LogP contribution is 2.27. The minimum absolute atomic E-state index is 0.189. The molecule has 1 atom stereocenters. The molecule has 0 N–H and O–H groups in total.